The predicted molar refractivity (Wildman–Crippen MR) is 117 cm³/mol. The molecule has 0 aliphatic carbocycles. The van der Waals surface area contributed by atoms with Crippen LogP contribution in [0, 0.1) is 5.82 Å². The van der Waals surface area contributed by atoms with E-state index in [1.165, 1.54) is 11.6 Å². The molecule has 1 fully saturated rings. The van der Waals surface area contributed by atoms with Crippen molar-refractivity contribution in [3.8, 4) is 0 Å². The van der Waals surface area contributed by atoms with Crippen LogP contribution >= 0.6 is 12.2 Å². The molecule has 154 valence electrons. The number of likely N-dealkylation sites (N-methyl/N-ethyl adjacent to an activating group) is 1. The summed E-state index contributed by atoms with van der Waals surface area (Å²) in [5.74, 6) is -0.246. The van der Waals surface area contributed by atoms with Crippen molar-refractivity contribution < 1.29 is 9.50 Å². The summed E-state index contributed by atoms with van der Waals surface area (Å²) in [5.41, 5.74) is 2.54. The van der Waals surface area contributed by atoms with Crippen LogP contribution in [0.15, 0.2) is 48.5 Å². The van der Waals surface area contributed by atoms with Crippen LogP contribution < -0.4 is 5.32 Å². The van der Waals surface area contributed by atoms with Crippen molar-refractivity contribution >= 4 is 17.3 Å². The predicted octanol–water partition coefficient (Wildman–Crippen LogP) is 3.10. The fourth-order valence-corrected chi connectivity index (χ4v) is 4.91. The first-order valence-electron chi connectivity index (χ1n) is 10.2. The maximum atomic E-state index is 14.0. The van der Waals surface area contributed by atoms with Crippen LogP contribution in [-0.2, 0) is 6.42 Å². The second kappa shape index (κ2) is 8.38. The highest BCUT2D eigenvalue weighted by Crippen LogP contribution is 2.35. The van der Waals surface area contributed by atoms with Crippen molar-refractivity contribution in [1.82, 2.24) is 15.1 Å². The van der Waals surface area contributed by atoms with Crippen molar-refractivity contribution in [2.24, 2.45) is 0 Å². The maximum Gasteiger partial charge on any atom is 0.169 e. The molecule has 0 aromatic heterocycles. The first kappa shape index (κ1) is 20.3. The molecule has 4 nitrogen and oxygen atoms in total. The molecule has 2 aliphatic rings. The molecule has 2 N–H and O–H groups in total. The van der Waals surface area contributed by atoms with Crippen molar-refractivity contribution in [1.29, 1.82) is 0 Å². The normalized spacial score (nSPS) is 24.8. The topological polar surface area (TPSA) is 38.7 Å². The molecule has 4 rings (SSSR count). The molecule has 2 heterocycles. The zero-order valence-electron chi connectivity index (χ0n) is 16.8. The third-order valence-corrected chi connectivity index (χ3v) is 6.40. The van der Waals surface area contributed by atoms with E-state index in [0.29, 0.717) is 18.2 Å². The Balaban J connectivity index is 1.57. The lowest BCUT2D eigenvalue weighted by Crippen LogP contribution is -2.55. The Hall–Kier alpha value is -2.02. The third kappa shape index (κ3) is 4.44. The SMILES string of the molecule is CN1CCCC(O)(CNC(=S)N2CCc3ccccc3C2c2cccc(F)c2)C1. The molecule has 2 aliphatic heterocycles. The summed E-state index contributed by atoms with van der Waals surface area (Å²) in [5, 5.41) is 14.9. The Labute approximate surface area is 177 Å². The highest BCUT2D eigenvalue weighted by atomic mass is 32.1. The number of rotatable bonds is 3. The van der Waals surface area contributed by atoms with Gasteiger partial charge >= 0.3 is 0 Å². The van der Waals surface area contributed by atoms with Crippen molar-refractivity contribution in [3.63, 3.8) is 0 Å². The van der Waals surface area contributed by atoms with Crippen molar-refractivity contribution in [2.45, 2.75) is 30.9 Å². The third-order valence-electron chi connectivity index (χ3n) is 6.02. The number of thiocarbonyl (C=S) groups is 1. The molecule has 1 saturated heterocycles. The van der Waals surface area contributed by atoms with E-state index in [0.717, 1.165) is 43.5 Å². The molecule has 2 unspecified atom stereocenters. The van der Waals surface area contributed by atoms with Gasteiger partial charge in [-0.15, -0.1) is 0 Å². The Bertz CT molecular complexity index is 892. The molecule has 0 bridgehead atoms. The van der Waals surface area contributed by atoms with Crippen LogP contribution in [0.25, 0.3) is 0 Å². The summed E-state index contributed by atoms with van der Waals surface area (Å²) in [4.78, 5) is 4.28. The fraction of sp³-hybridized carbons (Fsp3) is 0.435. The zero-order chi connectivity index (χ0) is 20.4. The minimum atomic E-state index is -0.779. The van der Waals surface area contributed by atoms with Gasteiger partial charge in [0, 0.05) is 19.6 Å². The van der Waals surface area contributed by atoms with Gasteiger partial charge in [0.2, 0.25) is 0 Å². The molecule has 0 spiro atoms. The largest absolute Gasteiger partial charge is 0.387 e. The van der Waals surface area contributed by atoms with Crippen LogP contribution in [0.2, 0.25) is 0 Å². The van der Waals surface area contributed by atoms with Crippen LogP contribution in [0.3, 0.4) is 0 Å². The van der Waals surface area contributed by atoms with E-state index in [9.17, 15) is 9.50 Å². The monoisotopic (exact) mass is 413 g/mol. The summed E-state index contributed by atoms with van der Waals surface area (Å²) in [6, 6.07) is 14.9. The number of aliphatic hydroxyl groups is 1. The van der Waals surface area contributed by atoms with Crippen LogP contribution in [0.4, 0.5) is 4.39 Å². The molecular weight excluding hydrogens is 385 g/mol. The van der Waals surface area contributed by atoms with Gasteiger partial charge in [0.05, 0.1) is 11.6 Å². The molecule has 0 radical (unpaired) electrons. The van der Waals surface area contributed by atoms with Gasteiger partial charge in [-0.2, -0.15) is 0 Å². The van der Waals surface area contributed by atoms with Crippen LogP contribution in [0.5, 0.6) is 0 Å². The lowest BCUT2D eigenvalue weighted by Gasteiger charge is -2.41. The molecule has 2 atom stereocenters. The van der Waals surface area contributed by atoms with Gasteiger partial charge in [-0.3, -0.25) is 0 Å². The maximum absolute atomic E-state index is 14.0. The fourth-order valence-electron chi connectivity index (χ4n) is 4.65. The van der Waals surface area contributed by atoms with Gasteiger partial charge in [0.1, 0.15) is 5.82 Å². The summed E-state index contributed by atoms with van der Waals surface area (Å²) in [7, 11) is 2.03. The first-order chi connectivity index (χ1) is 14.0. The standard InChI is InChI=1S/C23H28FN3OS/c1-26-12-5-11-23(28,16-26)15-25-22(29)27-13-10-17-6-2-3-9-20(17)21(27)18-7-4-8-19(24)14-18/h2-4,6-9,14,21,28H,5,10-13,15-16H2,1H3,(H,25,29). The number of benzene rings is 2. The highest BCUT2D eigenvalue weighted by Gasteiger charge is 2.34. The lowest BCUT2D eigenvalue weighted by molar-refractivity contribution is -0.0188. The Kier molecular flexibility index (Phi) is 5.86. The summed E-state index contributed by atoms with van der Waals surface area (Å²) >= 11 is 5.76. The Morgan fingerprint density at radius 1 is 1.24 bits per heavy atom. The molecule has 0 amide bonds. The minimum absolute atomic E-state index is 0.140. The lowest BCUT2D eigenvalue weighted by atomic mass is 9.88. The van der Waals surface area contributed by atoms with Crippen LogP contribution in [-0.4, -0.2) is 58.8 Å². The van der Waals surface area contributed by atoms with Gasteiger partial charge < -0.3 is 20.2 Å². The average molecular weight is 414 g/mol. The number of fused-ring (bicyclic) bond motifs is 1. The average Bonchev–Trinajstić information content (AvgIpc) is 2.71. The molecule has 6 heteroatoms. The van der Waals surface area contributed by atoms with Crippen LogP contribution in [0.1, 0.15) is 35.6 Å². The smallest absolute Gasteiger partial charge is 0.169 e. The van der Waals surface area contributed by atoms with E-state index < -0.39 is 5.60 Å². The number of β-amino-alcohol motifs (C(OH)–C–C–N with tert-alkyl or cyclic N) is 1. The van der Waals surface area contributed by atoms with E-state index in [1.54, 1.807) is 12.1 Å². The quantitative estimate of drug-likeness (QED) is 0.757. The summed E-state index contributed by atoms with van der Waals surface area (Å²) in [6.45, 7) is 2.82. The molecule has 29 heavy (non-hydrogen) atoms. The van der Waals surface area contributed by atoms with Gasteiger partial charge in [0.15, 0.2) is 5.11 Å². The van der Waals surface area contributed by atoms with Crippen molar-refractivity contribution in [2.75, 3.05) is 33.2 Å². The van der Waals surface area contributed by atoms with E-state index in [4.69, 9.17) is 12.2 Å². The molecule has 2 aromatic rings. The second-order valence-electron chi connectivity index (χ2n) is 8.32. The highest BCUT2D eigenvalue weighted by molar-refractivity contribution is 7.80. The van der Waals surface area contributed by atoms with Gasteiger partial charge in [-0.05, 0) is 73.9 Å². The number of piperidine rings is 1. The van der Waals surface area contributed by atoms with Gasteiger partial charge in [-0.1, -0.05) is 36.4 Å². The van der Waals surface area contributed by atoms with Gasteiger partial charge in [0.25, 0.3) is 0 Å². The molecular formula is C23H28FN3OS. The van der Waals surface area contributed by atoms with E-state index in [-0.39, 0.29) is 11.9 Å². The van der Waals surface area contributed by atoms with Crippen molar-refractivity contribution in [3.05, 3.63) is 71.0 Å². The first-order valence-corrected chi connectivity index (χ1v) is 10.6. The molecule has 0 saturated carbocycles. The summed E-state index contributed by atoms with van der Waals surface area (Å²) < 4.78 is 14.0. The Morgan fingerprint density at radius 3 is 2.86 bits per heavy atom. The van der Waals surface area contributed by atoms with Gasteiger partial charge in [-0.25, -0.2) is 4.39 Å². The zero-order valence-corrected chi connectivity index (χ0v) is 17.6. The number of hydrogen-bond acceptors (Lipinski definition) is 3. The number of halogens is 1. The number of hydrogen-bond donors (Lipinski definition) is 2. The number of nitrogens with one attached hydrogen (secondary N) is 1. The number of likely N-dealkylation sites (tertiary alicyclic amines) is 1. The minimum Gasteiger partial charge on any atom is -0.387 e. The van der Waals surface area contributed by atoms with E-state index in [2.05, 4.69) is 27.2 Å². The Morgan fingerprint density at radius 2 is 2.07 bits per heavy atom. The second-order valence-corrected chi connectivity index (χ2v) is 8.71. The van der Waals surface area contributed by atoms with E-state index in [1.807, 2.05) is 25.2 Å². The van der Waals surface area contributed by atoms with E-state index >= 15 is 0 Å². The summed E-state index contributed by atoms with van der Waals surface area (Å²) in [6.07, 6.45) is 2.63. The molecule has 2 aromatic carbocycles. The number of nitrogens with zero attached hydrogens (tertiary/aromatic N) is 2.